The smallest absolute Gasteiger partial charge is 0.231 e. The lowest BCUT2D eigenvalue weighted by molar-refractivity contribution is 0.474. The summed E-state index contributed by atoms with van der Waals surface area (Å²) in [7, 11) is 0. The normalized spacial score (nSPS) is 11.3. The Morgan fingerprint density at radius 2 is 1.21 bits per heavy atom. The van der Waals surface area contributed by atoms with Crippen molar-refractivity contribution in [1.82, 2.24) is 9.97 Å². The summed E-state index contributed by atoms with van der Waals surface area (Å²) in [6, 6.07) is 40.3. The molecular formula is C34H22N2O2. The summed E-state index contributed by atoms with van der Waals surface area (Å²) in [6.45, 7) is 0. The van der Waals surface area contributed by atoms with Crippen molar-refractivity contribution in [3.8, 4) is 50.6 Å². The highest BCUT2D eigenvalue weighted by Gasteiger charge is 2.16. The zero-order valence-electron chi connectivity index (χ0n) is 20.4. The average molecular weight is 491 g/mol. The minimum Gasteiger partial charge on any atom is -0.507 e. The van der Waals surface area contributed by atoms with E-state index in [0.717, 1.165) is 44.2 Å². The minimum atomic E-state index is 0.140. The van der Waals surface area contributed by atoms with Gasteiger partial charge in [-0.05, 0) is 52.6 Å². The Morgan fingerprint density at radius 3 is 2.05 bits per heavy atom. The topological polar surface area (TPSA) is 59.2 Å². The van der Waals surface area contributed by atoms with Gasteiger partial charge in [-0.15, -0.1) is 0 Å². The summed E-state index contributed by atoms with van der Waals surface area (Å²) in [6.07, 6.45) is 1.85. The molecule has 0 saturated carbocycles. The number of phenols is 1. The van der Waals surface area contributed by atoms with Crippen molar-refractivity contribution in [2.75, 3.05) is 0 Å². The maximum absolute atomic E-state index is 10.3. The number of pyridine rings is 1. The number of hydrogen-bond acceptors (Lipinski definition) is 4. The van der Waals surface area contributed by atoms with Crippen molar-refractivity contribution in [3.63, 3.8) is 0 Å². The van der Waals surface area contributed by atoms with E-state index < -0.39 is 0 Å². The molecule has 1 N–H and O–H groups in total. The number of oxazole rings is 1. The minimum absolute atomic E-state index is 0.140. The van der Waals surface area contributed by atoms with Gasteiger partial charge >= 0.3 is 0 Å². The summed E-state index contributed by atoms with van der Waals surface area (Å²) in [4.78, 5) is 9.57. The monoisotopic (exact) mass is 490 g/mol. The molecule has 0 amide bonds. The second-order valence-corrected chi connectivity index (χ2v) is 9.20. The summed E-state index contributed by atoms with van der Waals surface area (Å²) < 4.78 is 6.04. The predicted octanol–water partition coefficient (Wildman–Crippen LogP) is 8.75. The van der Waals surface area contributed by atoms with Crippen LogP contribution in [-0.4, -0.2) is 15.1 Å². The zero-order chi connectivity index (χ0) is 25.5. The van der Waals surface area contributed by atoms with Gasteiger partial charge in [0.05, 0.1) is 11.1 Å². The number of aromatic hydroxyl groups is 1. The first-order chi connectivity index (χ1) is 18.8. The van der Waals surface area contributed by atoms with Crippen molar-refractivity contribution >= 4 is 22.0 Å². The van der Waals surface area contributed by atoms with Crippen LogP contribution in [0.2, 0.25) is 0 Å². The standard InChI is InChI=1S/C34H22N2O2/c37-30-16-5-4-13-29(30)34-36-33-26(14-7-17-31(33)38-34)23-11-6-12-24(21-23)27-19-18-25(22-9-2-1-3-10-22)28-15-8-20-35-32(27)28/h1-21,37H. The molecule has 0 aliphatic rings. The highest BCUT2D eigenvalue weighted by molar-refractivity contribution is 6.03. The molecule has 180 valence electrons. The van der Waals surface area contributed by atoms with Gasteiger partial charge in [-0.1, -0.05) is 91.0 Å². The fourth-order valence-corrected chi connectivity index (χ4v) is 5.08. The van der Waals surface area contributed by atoms with Crippen LogP contribution in [0.15, 0.2) is 132 Å². The highest BCUT2D eigenvalue weighted by Crippen LogP contribution is 2.38. The highest BCUT2D eigenvalue weighted by atomic mass is 16.3. The van der Waals surface area contributed by atoms with Gasteiger partial charge in [0.15, 0.2) is 5.58 Å². The van der Waals surface area contributed by atoms with E-state index in [1.165, 1.54) is 5.56 Å². The lowest BCUT2D eigenvalue weighted by Crippen LogP contribution is -1.89. The van der Waals surface area contributed by atoms with Crippen LogP contribution in [-0.2, 0) is 0 Å². The van der Waals surface area contributed by atoms with Crippen LogP contribution in [0.3, 0.4) is 0 Å². The fourth-order valence-electron chi connectivity index (χ4n) is 5.08. The van der Waals surface area contributed by atoms with E-state index in [0.29, 0.717) is 17.0 Å². The zero-order valence-corrected chi connectivity index (χ0v) is 20.4. The number of rotatable bonds is 4. The average Bonchev–Trinajstić information content (AvgIpc) is 3.42. The Balaban J connectivity index is 1.36. The van der Waals surface area contributed by atoms with E-state index in [1.807, 2.05) is 42.6 Å². The molecule has 0 atom stereocenters. The molecule has 38 heavy (non-hydrogen) atoms. The van der Waals surface area contributed by atoms with Crippen LogP contribution < -0.4 is 0 Å². The molecule has 7 aromatic rings. The van der Waals surface area contributed by atoms with Crippen LogP contribution in [0.4, 0.5) is 0 Å². The number of para-hydroxylation sites is 2. The van der Waals surface area contributed by atoms with E-state index in [2.05, 4.69) is 66.7 Å². The van der Waals surface area contributed by atoms with E-state index in [9.17, 15) is 5.11 Å². The number of nitrogens with zero attached hydrogens (tertiary/aromatic N) is 2. The second-order valence-electron chi connectivity index (χ2n) is 9.20. The maximum atomic E-state index is 10.3. The molecule has 0 aliphatic heterocycles. The third kappa shape index (κ3) is 3.71. The van der Waals surface area contributed by atoms with E-state index in [1.54, 1.807) is 18.2 Å². The fraction of sp³-hybridized carbons (Fsp3) is 0. The molecule has 0 unspecified atom stereocenters. The largest absolute Gasteiger partial charge is 0.507 e. The van der Waals surface area contributed by atoms with E-state index in [-0.39, 0.29) is 5.75 Å². The molecule has 0 saturated heterocycles. The first-order valence-corrected chi connectivity index (χ1v) is 12.5. The number of aromatic nitrogens is 2. The van der Waals surface area contributed by atoms with Gasteiger partial charge in [-0.2, -0.15) is 0 Å². The molecule has 0 spiro atoms. The number of phenolic OH excluding ortho intramolecular Hbond substituents is 1. The summed E-state index contributed by atoms with van der Waals surface area (Å²) in [5, 5.41) is 11.4. The predicted molar refractivity (Wildman–Crippen MR) is 153 cm³/mol. The first-order valence-electron chi connectivity index (χ1n) is 12.5. The first kappa shape index (κ1) is 22.0. The van der Waals surface area contributed by atoms with Crippen LogP contribution in [0.25, 0.3) is 66.8 Å². The van der Waals surface area contributed by atoms with E-state index in [4.69, 9.17) is 14.4 Å². The molecule has 7 rings (SSSR count). The second kappa shape index (κ2) is 9.02. The Hall–Kier alpha value is -5.22. The molecule has 0 bridgehead atoms. The molecule has 2 heterocycles. The van der Waals surface area contributed by atoms with Gasteiger partial charge in [-0.3, -0.25) is 4.98 Å². The molecule has 0 radical (unpaired) electrons. The molecule has 0 fully saturated rings. The van der Waals surface area contributed by atoms with Crippen LogP contribution >= 0.6 is 0 Å². The van der Waals surface area contributed by atoms with Crippen molar-refractivity contribution in [1.29, 1.82) is 0 Å². The lowest BCUT2D eigenvalue weighted by atomic mass is 9.93. The SMILES string of the molecule is Oc1ccccc1-c1nc2c(-c3cccc(-c4ccc(-c5ccccc5)c5cccnc45)c3)cccc2o1. The van der Waals surface area contributed by atoms with Gasteiger partial charge in [0.1, 0.15) is 11.3 Å². The lowest BCUT2D eigenvalue weighted by Gasteiger charge is -2.12. The Bertz CT molecular complexity index is 1940. The van der Waals surface area contributed by atoms with Crippen molar-refractivity contribution in [2.24, 2.45) is 0 Å². The van der Waals surface area contributed by atoms with Gasteiger partial charge in [0.25, 0.3) is 0 Å². The van der Waals surface area contributed by atoms with Gasteiger partial charge in [-0.25, -0.2) is 4.98 Å². The molecular weight excluding hydrogens is 468 g/mol. The third-order valence-electron chi connectivity index (χ3n) is 6.89. The number of fused-ring (bicyclic) bond motifs is 2. The summed E-state index contributed by atoms with van der Waals surface area (Å²) in [5.74, 6) is 0.536. The maximum Gasteiger partial charge on any atom is 0.231 e. The Kier molecular flexibility index (Phi) is 5.22. The van der Waals surface area contributed by atoms with Gasteiger partial charge in [0, 0.05) is 22.7 Å². The molecule has 4 heteroatoms. The van der Waals surface area contributed by atoms with Crippen LogP contribution in [0.5, 0.6) is 5.75 Å². The van der Waals surface area contributed by atoms with E-state index >= 15 is 0 Å². The third-order valence-corrected chi connectivity index (χ3v) is 6.89. The molecule has 0 aliphatic carbocycles. The Labute approximate surface area is 219 Å². The van der Waals surface area contributed by atoms with Crippen molar-refractivity contribution < 1.29 is 9.52 Å². The van der Waals surface area contributed by atoms with Crippen LogP contribution in [0.1, 0.15) is 0 Å². The number of hydrogen-bond donors (Lipinski definition) is 1. The molecule has 4 nitrogen and oxygen atoms in total. The van der Waals surface area contributed by atoms with Crippen LogP contribution in [0, 0.1) is 0 Å². The molecule has 2 aromatic heterocycles. The van der Waals surface area contributed by atoms with Gasteiger partial charge in [0.2, 0.25) is 5.89 Å². The molecule has 5 aromatic carbocycles. The van der Waals surface area contributed by atoms with Crippen molar-refractivity contribution in [2.45, 2.75) is 0 Å². The summed E-state index contributed by atoms with van der Waals surface area (Å²) >= 11 is 0. The van der Waals surface area contributed by atoms with Crippen molar-refractivity contribution in [3.05, 3.63) is 128 Å². The Morgan fingerprint density at radius 1 is 0.526 bits per heavy atom. The number of benzene rings is 5. The summed E-state index contributed by atoms with van der Waals surface area (Å²) in [5.41, 5.74) is 9.44. The quantitative estimate of drug-likeness (QED) is 0.268. The van der Waals surface area contributed by atoms with Gasteiger partial charge < -0.3 is 9.52 Å².